The molecule has 2 rings (SSSR count). The predicted molar refractivity (Wildman–Crippen MR) is 52.6 cm³/mol. The van der Waals surface area contributed by atoms with Gasteiger partial charge in [-0.1, -0.05) is 12.1 Å². The van der Waals surface area contributed by atoms with Gasteiger partial charge < -0.3 is 34.3 Å². The minimum Gasteiger partial charge on any atom is -1.00 e. The van der Waals surface area contributed by atoms with Crippen molar-refractivity contribution in [1.29, 1.82) is 0 Å². The monoisotopic (exact) mass is 335 g/mol. The summed E-state index contributed by atoms with van der Waals surface area (Å²) in [5.41, 5.74) is 0. The third-order valence-electron chi connectivity index (χ3n) is 2.14. The van der Waals surface area contributed by atoms with Crippen LogP contribution in [0.5, 0.6) is 11.5 Å². The number of hydrogen-bond donors (Lipinski definition) is 0. The molecule has 0 saturated heterocycles. The van der Waals surface area contributed by atoms with Gasteiger partial charge in [-0.3, -0.25) is 0 Å². The molecule has 0 bridgehead atoms. The van der Waals surface area contributed by atoms with Crippen molar-refractivity contribution in [2.24, 2.45) is 0 Å². The zero-order valence-corrected chi connectivity index (χ0v) is 12.9. The van der Waals surface area contributed by atoms with E-state index in [1.165, 1.54) is 10.8 Å². The van der Waals surface area contributed by atoms with Crippen LogP contribution in [0.15, 0.2) is 30.3 Å². The van der Waals surface area contributed by atoms with Crippen LogP contribution in [0.4, 0.5) is 0 Å². The number of hydrogen-bond acceptors (Lipinski definition) is 2. The van der Waals surface area contributed by atoms with Gasteiger partial charge in [0.15, 0.2) is 0 Å². The molecule has 0 aliphatic rings. The second-order valence-corrected chi connectivity index (χ2v) is 2.86. The molecule has 0 aliphatic carbocycles. The van der Waals surface area contributed by atoms with Gasteiger partial charge in [0.05, 0.1) is 14.2 Å². The molecule has 0 atom stereocenters. The van der Waals surface area contributed by atoms with Crippen molar-refractivity contribution in [1.82, 2.24) is 0 Å². The molecule has 2 aromatic carbocycles. The van der Waals surface area contributed by atoms with Crippen LogP contribution in [-0.4, -0.2) is 14.2 Å². The van der Waals surface area contributed by atoms with E-state index < -0.39 is 0 Å². The first kappa shape index (κ1) is 18.3. The summed E-state index contributed by atoms with van der Waals surface area (Å²) in [5, 5.41) is 2.36. The fourth-order valence-electron chi connectivity index (χ4n) is 1.45. The normalized spacial score (nSPS) is 8.38. The molecule has 2 nitrogen and oxygen atoms in total. The maximum absolute atomic E-state index is 5.19. The second-order valence-electron chi connectivity index (χ2n) is 2.86. The standard InChI is InChI=1S/C11H11O2.2ClH.Zr/c1-12-10-6-8-4-3-5-9(8)7-11(10)13-2;;;/h3-7H,1-2H3;2*1H;/q-1;;;+3/p-2. The maximum atomic E-state index is 5.19. The van der Waals surface area contributed by atoms with E-state index in [0.717, 1.165) is 11.5 Å². The van der Waals surface area contributed by atoms with Crippen molar-refractivity contribution in [3.05, 3.63) is 30.3 Å². The maximum Gasteiger partial charge on any atom is 3.00 e. The Hall–Kier alpha value is -0.107. The van der Waals surface area contributed by atoms with E-state index in [4.69, 9.17) is 9.47 Å². The Labute approximate surface area is 127 Å². The Morgan fingerprint density at radius 2 is 1.56 bits per heavy atom. The van der Waals surface area contributed by atoms with Crippen LogP contribution in [0.1, 0.15) is 0 Å². The van der Waals surface area contributed by atoms with Crippen molar-refractivity contribution in [2.75, 3.05) is 14.2 Å². The molecule has 0 aromatic heterocycles. The first-order valence-corrected chi connectivity index (χ1v) is 4.12. The molecule has 0 N–H and O–H groups in total. The van der Waals surface area contributed by atoms with Crippen molar-refractivity contribution in [2.45, 2.75) is 0 Å². The van der Waals surface area contributed by atoms with Gasteiger partial charge in [-0.2, -0.15) is 12.1 Å². The Balaban J connectivity index is 0. The topological polar surface area (TPSA) is 18.5 Å². The van der Waals surface area contributed by atoms with E-state index in [0.29, 0.717) is 0 Å². The fraction of sp³-hybridized carbons (Fsp3) is 0.182. The van der Waals surface area contributed by atoms with Gasteiger partial charge in [0.25, 0.3) is 0 Å². The zero-order chi connectivity index (χ0) is 9.26. The number of methoxy groups -OCH3 is 2. The largest absolute Gasteiger partial charge is 3.00 e. The van der Waals surface area contributed by atoms with Gasteiger partial charge in [-0.25, -0.2) is 0 Å². The van der Waals surface area contributed by atoms with Crippen LogP contribution in [0.25, 0.3) is 10.8 Å². The van der Waals surface area contributed by atoms with Crippen molar-refractivity contribution >= 4 is 10.8 Å². The van der Waals surface area contributed by atoms with Crippen LogP contribution < -0.4 is 34.3 Å². The molecule has 85 valence electrons. The SMILES string of the molecule is COc1cc2cc[cH-]c2cc1OC.[Cl-].[Cl-].[Zr+3]. The smallest absolute Gasteiger partial charge is 1.00 e. The quantitative estimate of drug-likeness (QED) is 0.532. The molecule has 1 radical (unpaired) electrons. The van der Waals surface area contributed by atoms with E-state index >= 15 is 0 Å². The summed E-state index contributed by atoms with van der Waals surface area (Å²) in [5.74, 6) is 1.56. The van der Waals surface area contributed by atoms with Gasteiger partial charge in [0, 0.05) is 0 Å². The van der Waals surface area contributed by atoms with Crippen LogP contribution >= 0.6 is 0 Å². The first-order valence-electron chi connectivity index (χ1n) is 4.12. The van der Waals surface area contributed by atoms with Gasteiger partial charge in [-0.15, -0.1) is 16.8 Å². The number of rotatable bonds is 2. The molecular formula is C11H11Cl2O2Zr. The Morgan fingerprint density at radius 1 is 1.00 bits per heavy atom. The summed E-state index contributed by atoms with van der Waals surface area (Å²) in [6, 6.07) is 10.1. The molecular weight excluding hydrogens is 326 g/mol. The molecule has 5 heteroatoms. The molecule has 0 unspecified atom stereocenters. The van der Waals surface area contributed by atoms with Gasteiger partial charge >= 0.3 is 26.2 Å². The first-order chi connectivity index (χ1) is 6.35. The van der Waals surface area contributed by atoms with E-state index in [-0.39, 0.29) is 51.0 Å². The minimum atomic E-state index is 0. The second kappa shape index (κ2) is 8.05. The van der Waals surface area contributed by atoms with E-state index in [9.17, 15) is 0 Å². The van der Waals surface area contributed by atoms with E-state index in [1.807, 2.05) is 18.2 Å². The van der Waals surface area contributed by atoms with Gasteiger partial charge in [0.1, 0.15) is 11.5 Å². The average molecular weight is 337 g/mol. The summed E-state index contributed by atoms with van der Waals surface area (Å²) in [7, 11) is 3.29. The van der Waals surface area contributed by atoms with Crippen molar-refractivity contribution < 1.29 is 60.5 Å². The molecule has 0 spiro atoms. The number of ether oxygens (including phenoxy) is 2. The van der Waals surface area contributed by atoms with Crippen molar-refractivity contribution in [3.63, 3.8) is 0 Å². The van der Waals surface area contributed by atoms with Crippen LogP contribution in [0.2, 0.25) is 0 Å². The fourth-order valence-corrected chi connectivity index (χ4v) is 1.45. The van der Waals surface area contributed by atoms with E-state index in [2.05, 4.69) is 12.1 Å². The summed E-state index contributed by atoms with van der Waals surface area (Å²) in [6.45, 7) is 0. The van der Waals surface area contributed by atoms with Crippen LogP contribution in [0, 0.1) is 0 Å². The average Bonchev–Trinajstić information content (AvgIpc) is 2.62. The predicted octanol–water partition coefficient (Wildman–Crippen LogP) is -3.42. The molecule has 0 heterocycles. The molecule has 0 amide bonds. The number of halogens is 2. The third-order valence-corrected chi connectivity index (χ3v) is 2.14. The van der Waals surface area contributed by atoms with Crippen molar-refractivity contribution in [3.8, 4) is 11.5 Å². The summed E-state index contributed by atoms with van der Waals surface area (Å²) in [6.07, 6.45) is 0. The van der Waals surface area contributed by atoms with Crippen LogP contribution in [-0.2, 0) is 26.2 Å². The van der Waals surface area contributed by atoms with E-state index in [1.54, 1.807) is 14.2 Å². The molecule has 0 aliphatic heterocycles. The minimum absolute atomic E-state index is 0. The molecule has 0 fully saturated rings. The zero-order valence-electron chi connectivity index (χ0n) is 8.96. The third kappa shape index (κ3) is 3.44. The van der Waals surface area contributed by atoms with Gasteiger partial charge in [0.2, 0.25) is 0 Å². The molecule has 2 aromatic rings. The molecule has 0 saturated carbocycles. The summed E-state index contributed by atoms with van der Waals surface area (Å²) < 4.78 is 10.4. The molecule has 16 heavy (non-hydrogen) atoms. The summed E-state index contributed by atoms with van der Waals surface area (Å²) >= 11 is 0. The summed E-state index contributed by atoms with van der Waals surface area (Å²) in [4.78, 5) is 0. The van der Waals surface area contributed by atoms with Crippen LogP contribution in [0.3, 0.4) is 0 Å². The Kier molecular flexibility index (Phi) is 9.19. The van der Waals surface area contributed by atoms with Gasteiger partial charge in [-0.05, 0) is 0 Å². The Bertz CT molecular complexity index is 391. The number of benzene rings is 1. The number of fused-ring (bicyclic) bond motifs is 1. The Morgan fingerprint density at radius 3 is 2.12 bits per heavy atom.